The Hall–Kier alpha value is -2.66. The van der Waals surface area contributed by atoms with Gasteiger partial charge in [-0.25, -0.2) is 0 Å². The number of hydrogen-bond acceptors (Lipinski definition) is 8. The molecule has 0 saturated carbocycles. The van der Waals surface area contributed by atoms with Gasteiger partial charge in [-0.05, 0) is 40.2 Å². The van der Waals surface area contributed by atoms with E-state index in [1.165, 1.54) is 6.42 Å². The maximum atomic E-state index is 7.01. The van der Waals surface area contributed by atoms with Gasteiger partial charge >= 0.3 is 0 Å². The van der Waals surface area contributed by atoms with E-state index >= 15 is 0 Å². The van der Waals surface area contributed by atoms with Crippen LogP contribution in [0.15, 0.2) is 121 Å². The summed E-state index contributed by atoms with van der Waals surface area (Å²) in [7, 11) is 0. The van der Waals surface area contributed by atoms with Gasteiger partial charge in [-0.15, -0.1) is 23.5 Å². The largest absolute Gasteiger partial charge is 0.369 e. The zero-order valence-electron chi connectivity index (χ0n) is 26.6. The van der Waals surface area contributed by atoms with Crippen LogP contribution in [-0.2, 0) is 54.8 Å². The maximum Gasteiger partial charge on any atom is 0.186 e. The van der Waals surface area contributed by atoms with Crippen LogP contribution in [0.3, 0.4) is 0 Å². The zero-order chi connectivity index (χ0) is 31.9. The number of thioether (sulfide) groups is 2. The zero-order valence-corrected chi connectivity index (χ0v) is 28.3. The highest BCUT2D eigenvalue weighted by atomic mass is 32.2. The van der Waals surface area contributed by atoms with E-state index in [9.17, 15) is 0 Å². The Morgan fingerprint density at radius 2 is 0.851 bits per heavy atom. The fourth-order valence-corrected chi connectivity index (χ4v) is 8.82. The molecule has 2 fully saturated rings. The molecule has 2 saturated heterocycles. The van der Waals surface area contributed by atoms with E-state index in [0.717, 1.165) is 33.8 Å². The van der Waals surface area contributed by atoms with Crippen molar-refractivity contribution in [1.29, 1.82) is 0 Å². The van der Waals surface area contributed by atoms with Gasteiger partial charge in [0.15, 0.2) is 6.29 Å². The fraction of sp³-hybridized carbons (Fsp3) is 0.385. The first kappa shape index (κ1) is 34.2. The monoisotopic (exact) mass is 672 g/mol. The van der Waals surface area contributed by atoms with Crippen LogP contribution >= 0.6 is 23.5 Å². The maximum absolute atomic E-state index is 7.01. The van der Waals surface area contributed by atoms with Crippen molar-refractivity contribution in [3.05, 3.63) is 144 Å². The Kier molecular flexibility index (Phi) is 13.7. The summed E-state index contributed by atoms with van der Waals surface area (Å²) in [5, 5.41) is 0. The molecule has 6 nitrogen and oxygen atoms in total. The predicted octanol–water partition coefficient (Wildman–Crippen LogP) is 7.90. The van der Waals surface area contributed by atoms with E-state index in [0.29, 0.717) is 39.6 Å². The van der Waals surface area contributed by atoms with Gasteiger partial charge in [-0.2, -0.15) is 0 Å². The van der Waals surface area contributed by atoms with Crippen molar-refractivity contribution in [2.45, 2.75) is 68.1 Å². The molecule has 0 spiro atoms. The highest BCUT2D eigenvalue weighted by molar-refractivity contribution is 8.17. The lowest BCUT2D eigenvalue weighted by atomic mass is 10.0. The first-order chi connectivity index (χ1) is 23.3. The summed E-state index contributed by atoms with van der Waals surface area (Å²) in [6, 6.07) is 41.1. The SMILES string of the molecule is c1ccc(CO[C@@H]([C@H](OCc2ccccc2)[C@@H](OCc2ccccc2)C2SCCCS2)[C@H](OCc2ccccc2)C2OCCO2)cc1. The van der Waals surface area contributed by atoms with Crippen LogP contribution in [0.4, 0.5) is 0 Å². The minimum atomic E-state index is -0.608. The summed E-state index contributed by atoms with van der Waals surface area (Å²) >= 11 is 3.88. The van der Waals surface area contributed by atoms with Crippen molar-refractivity contribution < 1.29 is 28.4 Å². The molecule has 4 aromatic rings. The van der Waals surface area contributed by atoms with Crippen LogP contribution in [0, 0.1) is 0 Å². The third kappa shape index (κ3) is 10.4. The Balaban J connectivity index is 1.37. The molecule has 0 N–H and O–H groups in total. The number of benzene rings is 4. The summed E-state index contributed by atoms with van der Waals surface area (Å²) in [6.45, 7) is 2.63. The summed E-state index contributed by atoms with van der Waals surface area (Å²) in [5.41, 5.74) is 4.33. The number of ether oxygens (including phenoxy) is 6. The molecule has 0 aliphatic carbocycles. The average molecular weight is 673 g/mol. The molecular formula is C39H44O6S2. The van der Waals surface area contributed by atoms with Crippen molar-refractivity contribution in [2.24, 2.45) is 0 Å². The van der Waals surface area contributed by atoms with E-state index in [4.69, 9.17) is 28.4 Å². The third-order valence-corrected chi connectivity index (χ3v) is 11.2. The van der Waals surface area contributed by atoms with Gasteiger partial charge in [0, 0.05) is 0 Å². The molecule has 47 heavy (non-hydrogen) atoms. The van der Waals surface area contributed by atoms with E-state index < -0.39 is 24.6 Å². The Labute approximate surface area is 287 Å². The molecule has 6 rings (SSSR count). The minimum absolute atomic E-state index is 0.149. The molecule has 0 aromatic heterocycles. The molecule has 0 bridgehead atoms. The third-order valence-electron chi connectivity index (χ3n) is 8.15. The van der Waals surface area contributed by atoms with Gasteiger partial charge in [-0.3, -0.25) is 0 Å². The Morgan fingerprint density at radius 3 is 1.28 bits per heavy atom. The van der Waals surface area contributed by atoms with Crippen molar-refractivity contribution in [3.63, 3.8) is 0 Å². The van der Waals surface area contributed by atoms with Crippen LogP contribution in [-0.4, -0.2) is 60.0 Å². The molecule has 0 radical (unpaired) electrons. The predicted molar refractivity (Wildman–Crippen MR) is 189 cm³/mol. The molecule has 2 aliphatic heterocycles. The van der Waals surface area contributed by atoms with Gasteiger partial charge < -0.3 is 28.4 Å². The molecule has 2 heterocycles. The average Bonchev–Trinajstić information content (AvgIpc) is 3.68. The smallest absolute Gasteiger partial charge is 0.186 e. The summed E-state index contributed by atoms with van der Waals surface area (Å²) in [4.78, 5) is 0. The van der Waals surface area contributed by atoms with Gasteiger partial charge in [0.25, 0.3) is 0 Å². The highest BCUT2D eigenvalue weighted by Crippen LogP contribution is 2.39. The van der Waals surface area contributed by atoms with Gasteiger partial charge in [-0.1, -0.05) is 121 Å². The fourth-order valence-electron chi connectivity index (χ4n) is 5.74. The van der Waals surface area contributed by atoms with Crippen LogP contribution in [0.5, 0.6) is 0 Å². The Morgan fingerprint density at radius 1 is 0.489 bits per heavy atom. The standard InChI is InChI=1S/C39H44O6S2/c1-5-14-30(15-6-1)26-42-34(36(38-40-22-23-41-38)44-28-32-18-9-3-10-19-32)35(43-27-31-16-7-2-8-17-31)37(39-46-24-13-25-47-39)45-29-33-20-11-4-12-21-33/h1-12,14-21,34-39H,13,22-29H2/t34-,35-,36-,37+/m0/s1. The molecule has 0 unspecified atom stereocenters. The molecule has 8 heteroatoms. The lowest BCUT2D eigenvalue weighted by molar-refractivity contribution is -0.236. The Bertz CT molecular complexity index is 1400. The van der Waals surface area contributed by atoms with Crippen molar-refractivity contribution in [3.8, 4) is 0 Å². The van der Waals surface area contributed by atoms with Crippen LogP contribution in [0.2, 0.25) is 0 Å². The molecule has 4 atom stereocenters. The second-order valence-corrected chi connectivity index (χ2v) is 14.4. The van der Waals surface area contributed by atoms with Gasteiger partial charge in [0.1, 0.15) is 24.4 Å². The molecule has 2 aliphatic rings. The van der Waals surface area contributed by atoms with Crippen LogP contribution in [0.1, 0.15) is 28.7 Å². The number of rotatable bonds is 17. The first-order valence-corrected chi connectivity index (χ1v) is 18.5. The van der Waals surface area contributed by atoms with E-state index in [1.54, 1.807) is 0 Å². The number of hydrogen-bond donors (Lipinski definition) is 0. The molecule has 248 valence electrons. The lowest BCUT2D eigenvalue weighted by Crippen LogP contribution is -2.55. The molecular weight excluding hydrogens is 629 g/mol. The summed E-state index contributed by atoms with van der Waals surface area (Å²) in [5.74, 6) is 2.15. The van der Waals surface area contributed by atoms with Crippen LogP contribution < -0.4 is 0 Å². The van der Waals surface area contributed by atoms with Crippen molar-refractivity contribution in [2.75, 3.05) is 24.7 Å². The highest BCUT2D eigenvalue weighted by Gasteiger charge is 2.46. The normalized spacial score (nSPS) is 18.5. The second kappa shape index (κ2) is 18.8. The second-order valence-electron chi connectivity index (χ2n) is 11.6. The van der Waals surface area contributed by atoms with Crippen LogP contribution in [0.25, 0.3) is 0 Å². The molecule has 0 amide bonds. The van der Waals surface area contributed by atoms with E-state index in [2.05, 4.69) is 60.7 Å². The summed E-state index contributed by atoms with van der Waals surface area (Å²) in [6.07, 6.45) is -1.40. The topological polar surface area (TPSA) is 55.4 Å². The van der Waals surface area contributed by atoms with Gasteiger partial charge in [0.2, 0.25) is 0 Å². The van der Waals surface area contributed by atoms with Crippen molar-refractivity contribution >= 4 is 23.5 Å². The quantitative estimate of drug-likeness (QED) is 0.112. The minimum Gasteiger partial charge on any atom is -0.369 e. The van der Waals surface area contributed by atoms with Gasteiger partial charge in [0.05, 0.1) is 44.2 Å². The summed E-state index contributed by atoms with van der Waals surface area (Å²) < 4.78 is 40.2. The lowest BCUT2D eigenvalue weighted by Gasteiger charge is -2.41. The van der Waals surface area contributed by atoms with E-state index in [-0.39, 0.29) is 10.7 Å². The van der Waals surface area contributed by atoms with E-state index in [1.807, 2.05) is 84.2 Å². The van der Waals surface area contributed by atoms with Crippen molar-refractivity contribution in [1.82, 2.24) is 0 Å². The first-order valence-electron chi connectivity index (χ1n) is 16.4. The molecule has 4 aromatic carbocycles.